The fraction of sp³-hybridized carbons (Fsp3) is 0.333. The van der Waals surface area contributed by atoms with Crippen molar-refractivity contribution in [1.82, 2.24) is 9.97 Å². The second-order valence-corrected chi connectivity index (χ2v) is 8.50. The molecular formula is C24H28N4O4S. The van der Waals surface area contributed by atoms with Gasteiger partial charge in [-0.15, -0.1) is 0 Å². The topological polar surface area (TPSA) is 109 Å². The monoisotopic (exact) mass is 468 g/mol. The quantitative estimate of drug-likeness (QED) is 0.336. The van der Waals surface area contributed by atoms with Crippen molar-refractivity contribution >= 4 is 45.7 Å². The molecule has 0 atom stereocenters. The van der Waals surface area contributed by atoms with E-state index in [9.17, 15) is 9.59 Å². The Morgan fingerprint density at radius 1 is 0.818 bits per heavy atom. The van der Waals surface area contributed by atoms with Gasteiger partial charge in [-0.25, -0.2) is 19.6 Å². The van der Waals surface area contributed by atoms with Gasteiger partial charge in [-0.1, -0.05) is 11.3 Å². The summed E-state index contributed by atoms with van der Waals surface area (Å²) in [6, 6.07) is 4.00. The zero-order valence-corrected chi connectivity index (χ0v) is 20.5. The molecule has 0 aliphatic rings. The number of H-pyrrole nitrogens is 2. The first kappa shape index (κ1) is 24.2. The van der Waals surface area contributed by atoms with E-state index in [2.05, 4.69) is 20.0 Å². The van der Waals surface area contributed by atoms with Gasteiger partial charge in [0.05, 0.1) is 37.0 Å². The number of hydrogen-bond donors (Lipinski definition) is 2. The number of aromatic nitrogens is 2. The highest BCUT2D eigenvalue weighted by atomic mass is 32.1. The van der Waals surface area contributed by atoms with E-state index in [1.54, 1.807) is 26.3 Å². The summed E-state index contributed by atoms with van der Waals surface area (Å²) in [6.07, 6.45) is 3.27. The van der Waals surface area contributed by atoms with Crippen LogP contribution < -0.4 is 0 Å². The molecule has 0 amide bonds. The molecule has 3 aromatic rings. The van der Waals surface area contributed by atoms with E-state index >= 15 is 0 Å². The zero-order chi connectivity index (χ0) is 24.1. The van der Waals surface area contributed by atoms with Crippen molar-refractivity contribution in [3.63, 3.8) is 0 Å². The molecule has 0 aliphatic heterocycles. The second kappa shape index (κ2) is 10.4. The molecule has 3 heterocycles. The number of nitrogens with one attached hydrogen (secondary N) is 2. The molecule has 174 valence electrons. The van der Waals surface area contributed by atoms with Gasteiger partial charge in [0.25, 0.3) is 0 Å². The summed E-state index contributed by atoms with van der Waals surface area (Å²) in [7, 11) is 0. The summed E-state index contributed by atoms with van der Waals surface area (Å²) < 4.78 is 10.5. The lowest BCUT2D eigenvalue weighted by atomic mass is 10.1. The standard InChI is InChI=1S/C24H28N4O4S/c1-7-31-23(29)19-20(24(30)32-8-2)22(26-12-18-14(4)10-16(6)28-18)33-21(19)25-11-17-13(3)9-15(5)27-17/h9-12,27-28H,7-8H2,1-6H3/b25-11+,26-12+. The molecular weight excluding hydrogens is 440 g/mol. The minimum absolute atomic E-state index is 0.0593. The molecule has 3 rings (SSSR count). The van der Waals surface area contributed by atoms with Crippen LogP contribution in [0, 0.1) is 27.7 Å². The summed E-state index contributed by atoms with van der Waals surface area (Å²) in [5.74, 6) is -1.28. The highest BCUT2D eigenvalue weighted by Gasteiger charge is 2.30. The lowest BCUT2D eigenvalue weighted by Gasteiger charge is -2.05. The second-order valence-electron chi connectivity index (χ2n) is 7.52. The van der Waals surface area contributed by atoms with Crippen LogP contribution >= 0.6 is 11.3 Å². The molecule has 0 radical (unpaired) electrons. The van der Waals surface area contributed by atoms with Crippen LogP contribution in [-0.4, -0.2) is 47.5 Å². The average molecular weight is 469 g/mol. The van der Waals surface area contributed by atoms with Gasteiger partial charge in [-0.3, -0.25) is 0 Å². The number of carbonyl (C=O) groups is 2. The van der Waals surface area contributed by atoms with Crippen molar-refractivity contribution in [2.45, 2.75) is 41.5 Å². The van der Waals surface area contributed by atoms with Gasteiger partial charge in [-0.05, 0) is 64.8 Å². The molecule has 3 aromatic heterocycles. The van der Waals surface area contributed by atoms with Crippen LogP contribution in [0.2, 0.25) is 0 Å². The molecule has 0 aromatic carbocycles. The van der Waals surface area contributed by atoms with Gasteiger partial charge < -0.3 is 19.4 Å². The van der Waals surface area contributed by atoms with E-state index < -0.39 is 11.9 Å². The number of aromatic amines is 2. The SMILES string of the molecule is CCOC(=O)c1c(/N=C/c2[nH]c(C)cc2C)sc(/N=C/c2[nH]c(C)cc2C)c1C(=O)OCC. The zero-order valence-electron chi connectivity index (χ0n) is 19.7. The van der Waals surface area contributed by atoms with Crippen LogP contribution in [0.4, 0.5) is 10.0 Å². The van der Waals surface area contributed by atoms with E-state index in [1.807, 2.05) is 39.8 Å². The first-order chi connectivity index (χ1) is 15.7. The lowest BCUT2D eigenvalue weighted by Crippen LogP contribution is -2.12. The highest BCUT2D eigenvalue weighted by Crippen LogP contribution is 2.42. The van der Waals surface area contributed by atoms with Crippen molar-refractivity contribution in [3.05, 3.63) is 57.2 Å². The number of esters is 2. The molecule has 8 nitrogen and oxygen atoms in total. The predicted octanol–water partition coefficient (Wildman–Crippen LogP) is 5.49. The van der Waals surface area contributed by atoms with Gasteiger partial charge in [0, 0.05) is 11.4 Å². The third-order valence-corrected chi connectivity index (χ3v) is 5.84. The highest BCUT2D eigenvalue weighted by molar-refractivity contribution is 7.20. The van der Waals surface area contributed by atoms with Crippen LogP contribution in [0.3, 0.4) is 0 Å². The fourth-order valence-electron chi connectivity index (χ4n) is 3.39. The number of rotatable bonds is 8. The van der Waals surface area contributed by atoms with E-state index in [0.717, 1.165) is 45.2 Å². The Morgan fingerprint density at radius 2 is 1.21 bits per heavy atom. The Balaban J connectivity index is 2.15. The maximum absolute atomic E-state index is 12.9. The normalized spacial score (nSPS) is 11.6. The van der Waals surface area contributed by atoms with E-state index in [-0.39, 0.29) is 24.3 Å². The Hall–Kier alpha value is -3.46. The van der Waals surface area contributed by atoms with E-state index in [0.29, 0.717) is 10.0 Å². The van der Waals surface area contributed by atoms with Crippen molar-refractivity contribution in [1.29, 1.82) is 0 Å². The van der Waals surface area contributed by atoms with E-state index in [1.165, 1.54) is 0 Å². The Morgan fingerprint density at radius 3 is 1.52 bits per heavy atom. The molecule has 9 heteroatoms. The third kappa shape index (κ3) is 5.48. The van der Waals surface area contributed by atoms with Crippen molar-refractivity contribution in [2.24, 2.45) is 9.98 Å². The molecule has 0 bridgehead atoms. The van der Waals surface area contributed by atoms with Gasteiger partial charge in [0.2, 0.25) is 0 Å². The van der Waals surface area contributed by atoms with Crippen LogP contribution in [-0.2, 0) is 9.47 Å². The largest absolute Gasteiger partial charge is 0.462 e. The predicted molar refractivity (Wildman–Crippen MR) is 131 cm³/mol. The number of ether oxygens (including phenoxy) is 2. The third-order valence-electron chi connectivity index (χ3n) is 4.83. The minimum atomic E-state index is -0.642. The molecule has 0 fully saturated rings. The molecule has 0 spiro atoms. The molecule has 33 heavy (non-hydrogen) atoms. The molecule has 0 unspecified atom stereocenters. The lowest BCUT2D eigenvalue weighted by molar-refractivity contribution is 0.0481. The maximum Gasteiger partial charge on any atom is 0.342 e. The summed E-state index contributed by atoms with van der Waals surface area (Å²) in [5, 5.41) is 0.657. The smallest absolute Gasteiger partial charge is 0.342 e. The summed E-state index contributed by atoms with van der Waals surface area (Å²) in [4.78, 5) is 41.2. The number of hydrogen-bond acceptors (Lipinski definition) is 7. The Bertz CT molecular complexity index is 1140. The van der Waals surface area contributed by atoms with Gasteiger partial charge >= 0.3 is 11.9 Å². The molecule has 2 N–H and O–H groups in total. The minimum Gasteiger partial charge on any atom is -0.462 e. The number of aryl methyl sites for hydroxylation is 4. The first-order valence-electron chi connectivity index (χ1n) is 10.7. The van der Waals surface area contributed by atoms with Crippen LogP contribution in [0.5, 0.6) is 0 Å². The number of carbonyl (C=O) groups excluding carboxylic acids is 2. The first-order valence-corrected chi connectivity index (χ1v) is 11.5. The number of aliphatic imine (C=N–C) groups is 2. The number of nitrogens with zero attached hydrogens (tertiary/aromatic N) is 2. The Kier molecular flexibility index (Phi) is 7.65. The summed E-state index contributed by atoms with van der Waals surface area (Å²) >= 11 is 1.13. The van der Waals surface area contributed by atoms with Crippen molar-refractivity contribution in [2.75, 3.05) is 13.2 Å². The van der Waals surface area contributed by atoms with Gasteiger partial charge in [0.15, 0.2) is 0 Å². The van der Waals surface area contributed by atoms with Crippen LogP contribution in [0.15, 0.2) is 22.1 Å². The van der Waals surface area contributed by atoms with Gasteiger partial charge in [0.1, 0.15) is 21.1 Å². The van der Waals surface area contributed by atoms with Crippen LogP contribution in [0.25, 0.3) is 0 Å². The summed E-state index contributed by atoms with van der Waals surface area (Å²) in [6.45, 7) is 11.6. The molecule has 0 aliphatic carbocycles. The molecule has 0 saturated heterocycles. The Labute approximate surface area is 196 Å². The summed E-state index contributed by atoms with van der Waals surface area (Å²) in [5.41, 5.74) is 5.79. The van der Waals surface area contributed by atoms with Crippen molar-refractivity contribution < 1.29 is 19.1 Å². The fourth-order valence-corrected chi connectivity index (χ4v) is 4.36. The molecule has 0 saturated carbocycles. The number of thiophene rings is 1. The van der Waals surface area contributed by atoms with Crippen molar-refractivity contribution in [3.8, 4) is 0 Å². The average Bonchev–Trinajstić information content (AvgIpc) is 3.38. The van der Waals surface area contributed by atoms with Gasteiger partial charge in [-0.2, -0.15) is 0 Å². The van der Waals surface area contributed by atoms with E-state index in [4.69, 9.17) is 9.47 Å². The van der Waals surface area contributed by atoms with Crippen LogP contribution in [0.1, 0.15) is 68.5 Å². The maximum atomic E-state index is 12.9.